The molecule has 0 bridgehead atoms. The molecule has 2 fully saturated rings. The maximum Gasteiger partial charge on any atom is -0.0128 e. The summed E-state index contributed by atoms with van der Waals surface area (Å²) in [5.74, 6) is 4.62. The molecule has 2 aliphatic carbocycles. The molecule has 2 aliphatic rings. The zero-order valence-electron chi connectivity index (χ0n) is 14.5. The van der Waals surface area contributed by atoms with Crippen molar-refractivity contribution in [3.63, 3.8) is 0 Å². The Hall–Kier alpha value is -0.780. The first-order chi connectivity index (χ1) is 9.84. The summed E-state index contributed by atoms with van der Waals surface area (Å²) in [6.45, 7) is 11.8. The van der Waals surface area contributed by atoms with Crippen molar-refractivity contribution in [3.8, 4) is 0 Å². The van der Waals surface area contributed by atoms with Gasteiger partial charge in [-0.15, -0.1) is 0 Å². The standard InChI is InChI=1S/C21H32/c1-14-10-17-11-15(2)13-20(17)19(12-14)16-6-8-18(9-7-16)21(3,4)5/h6-9,14-15,17,19-20H,10-13H2,1-5H3. The molecule has 0 heteroatoms. The van der Waals surface area contributed by atoms with E-state index in [1.54, 1.807) is 5.56 Å². The Bertz CT molecular complexity index is 476. The molecular weight excluding hydrogens is 252 g/mol. The van der Waals surface area contributed by atoms with E-state index in [1.165, 1.54) is 31.2 Å². The summed E-state index contributed by atoms with van der Waals surface area (Å²) < 4.78 is 0. The predicted molar refractivity (Wildman–Crippen MR) is 91.7 cm³/mol. The van der Waals surface area contributed by atoms with Crippen LogP contribution in [0.5, 0.6) is 0 Å². The van der Waals surface area contributed by atoms with E-state index in [4.69, 9.17) is 0 Å². The van der Waals surface area contributed by atoms with E-state index in [0.29, 0.717) is 0 Å². The number of fused-ring (bicyclic) bond motifs is 1. The second-order valence-corrected chi connectivity index (χ2v) is 9.06. The Morgan fingerprint density at radius 3 is 1.95 bits per heavy atom. The summed E-state index contributed by atoms with van der Waals surface area (Å²) in [7, 11) is 0. The number of hydrogen-bond donors (Lipinski definition) is 0. The Balaban J connectivity index is 1.84. The quantitative estimate of drug-likeness (QED) is 0.579. The van der Waals surface area contributed by atoms with Crippen LogP contribution in [-0.4, -0.2) is 0 Å². The molecule has 3 rings (SSSR count). The van der Waals surface area contributed by atoms with Gasteiger partial charge in [-0.2, -0.15) is 0 Å². The van der Waals surface area contributed by atoms with Gasteiger partial charge in [0.1, 0.15) is 0 Å². The summed E-state index contributed by atoms with van der Waals surface area (Å²) in [5.41, 5.74) is 3.34. The summed E-state index contributed by atoms with van der Waals surface area (Å²) in [6.07, 6.45) is 5.82. The molecule has 0 saturated heterocycles. The Kier molecular flexibility index (Phi) is 3.93. The zero-order chi connectivity index (χ0) is 15.2. The first-order valence-corrected chi connectivity index (χ1v) is 8.95. The third kappa shape index (κ3) is 3.05. The van der Waals surface area contributed by atoms with E-state index in [1.807, 2.05) is 0 Å². The molecule has 0 aliphatic heterocycles. The summed E-state index contributed by atoms with van der Waals surface area (Å²) in [4.78, 5) is 0. The summed E-state index contributed by atoms with van der Waals surface area (Å²) in [6, 6.07) is 9.62. The topological polar surface area (TPSA) is 0 Å². The predicted octanol–water partition coefficient (Wildman–Crippen LogP) is 6.16. The fourth-order valence-electron chi connectivity index (χ4n) is 5.04. The highest BCUT2D eigenvalue weighted by Gasteiger charge is 2.42. The Morgan fingerprint density at radius 2 is 1.38 bits per heavy atom. The van der Waals surface area contributed by atoms with Gasteiger partial charge in [0.05, 0.1) is 0 Å². The molecule has 0 nitrogen and oxygen atoms in total. The first kappa shape index (κ1) is 15.1. The molecule has 1 aromatic rings. The summed E-state index contributed by atoms with van der Waals surface area (Å²) >= 11 is 0. The average Bonchev–Trinajstić information content (AvgIpc) is 2.77. The van der Waals surface area contributed by atoms with Crippen LogP contribution < -0.4 is 0 Å². The van der Waals surface area contributed by atoms with Gasteiger partial charge in [-0.05, 0) is 71.8 Å². The Labute approximate surface area is 131 Å². The minimum absolute atomic E-state index is 0.267. The van der Waals surface area contributed by atoms with Crippen LogP contribution >= 0.6 is 0 Å². The van der Waals surface area contributed by atoms with Crippen molar-refractivity contribution in [2.24, 2.45) is 23.7 Å². The second-order valence-electron chi connectivity index (χ2n) is 9.06. The van der Waals surface area contributed by atoms with Crippen molar-refractivity contribution in [2.75, 3.05) is 0 Å². The van der Waals surface area contributed by atoms with E-state index in [2.05, 4.69) is 58.9 Å². The maximum atomic E-state index is 2.47. The average molecular weight is 284 g/mol. The molecule has 0 heterocycles. The van der Waals surface area contributed by atoms with E-state index in [-0.39, 0.29) is 5.41 Å². The molecule has 5 atom stereocenters. The van der Waals surface area contributed by atoms with E-state index in [0.717, 1.165) is 29.6 Å². The second kappa shape index (κ2) is 5.45. The van der Waals surface area contributed by atoms with E-state index < -0.39 is 0 Å². The van der Waals surface area contributed by atoms with Gasteiger partial charge in [-0.25, -0.2) is 0 Å². The van der Waals surface area contributed by atoms with Gasteiger partial charge in [-0.1, -0.05) is 58.9 Å². The van der Waals surface area contributed by atoms with Crippen molar-refractivity contribution in [2.45, 2.75) is 71.6 Å². The highest BCUT2D eigenvalue weighted by molar-refractivity contribution is 5.30. The lowest BCUT2D eigenvalue weighted by molar-refractivity contribution is 0.187. The monoisotopic (exact) mass is 284 g/mol. The van der Waals surface area contributed by atoms with Crippen LogP contribution in [0.2, 0.25) is 0 Å². The molecule has 0 aromatic heterocycles. The van der Waals surface area contributed by atoms with Gasteiger partial charge in [0.2, 0.25) is 0 Å². The van der Waals surface area contributed by atoms with Gasteiger partial charge in [0.25, 0.3) is 0 Å². The Morgan fingerprint density at radius 1 is 0.810 bits per heavy atom. The van der Waals surface area contributed by atoms with Gasteiger partial charge in [-0.3, -0.25) is 0 Å². The number of rotatable bonds is 1. The smallest absolute Gasteiger partial charge is 0.0128 e. The molecular formula is C21H32. The zero-order valence-corrected chi connectivity index (χ0v) is 14.5. The fourth-order valence-corrected chi connectivity index (χ4v) is 5.04. The molecule has 21 heavy (non-hydrogen) atoms. The number of benzene rings is 1. The maximum absolute atomic E-state index is 2.47. The molecule has 0 spiro atoms. The van der Waals surface area contributed by atoms with Crippen LogP contribution in [0.3, 0.4) is 0 Å². The van der Waals surface area contributed by atoms with Crippen LogP contribution in [-0.2, 0) is 5.41 Å². The first-order valence-electron chi connectivity index (χ1n) is 8.95. The lowest BCUT2D eigenvalue weighted by Crippen LogP contribution is -2.27. The molecule has 5 unspecified atom stereocenters. The van der Waals surface area contributed by atoms with E-state index >= 15 is 0 Å². The third-order valence-corrected chi connectivity index (χ3v) is 6.07. The van der Waals surface area contributed by atoms with Crippen LogP contribution in [0.4, 0.5) is 0 Å². The molecule has 0 amide bonds. The normalized spacial score (nSPS) is 36.5. The van der Waals surface area contributed by atoms with Gasteiger partial charge < -0.3 is 0 Å². The van der Waals surface area contributed by atoms with Crippen LogP contribution in [0.1, 0.15) is 77.3 Å². The summed E-state index contributed by atoms with van der Waals surface area (Å²) in [5, 5.41) is 0. The van der Waals surface area contributed by atoms with Gasteiger partial charge in [0.15, 0.2) is 0 Å². The lowest BCUT2D eigenvalue weighted by Gasteiger charge is -2.38. The van der Waals surface area contributed by atoms with Crippen molar-refractivity contribution in [1.82, 2.24) is 0 Å². The molecule has 2 saturated carbocycles. The van der Waals surface area contributed by atoms with Crippen molar-refractivity contribution < 1.29 is 0 Å². The van der Waals surface area contributed by atoms with Crippen molar-refractivity contribution in [1.29, 1.82) is 0 Å². The fraction of sp³-hybridized carbons (Fsp3) is 0.714. The molecule has 1 aromatic carbocycles. The van der Waals surface area contributed by atoms with Crippen LogP contribution in [0.15, 0.2) is 24.3 Å². The lowest BCUT2D eigenvalue weighted by atomic mass is 9.67. The molecule has 116 valence electrons. The highest BCUT2D eigenvalue weighted by Crippen LogP contribution is 2.53. The van der Waals surface area contributed by atoms with Crippen molar-refractivity contribution in [3.05, 3.63) is 35.4 Å². The van der Waals surface area contributed by atoms with Crippen molar-refractivity contribution >= 4 is 0 Å². The van der Waals surface area contributed by atoms with Crippen LogP contribution in [0.25, 0.3) is 0 Å². The SMILES string of the molecule is CC1CC2CC(C)CC2C(c2ccc(C(C)(C)C)cc2)C1. The minimum atomic E-state index is 0.267. The minimum Gasteiger partial charge on any atom is -0.0625 e. The molecule has 0 N–H and O–H groups in total. The van der Waals surface area contributed by atoms with Crippen LogP contribution in [0, 0.1) is 23.7 Å². The van der Waals surface area contributed by atoms with Gasteiger partial charge in [0, 0.05) is 0 Å². The third-order valence-electron chi connectivity index (χ3n) is 6.07. The van der Waals surface area contributed by atoms with E-state index in [9.17, 15) is 0 Å². The number of hydrogen-bond acceptors (Lipinski definition) is 0. The highest BCUT2D eigenvalue weighted by atomic mass is 14.5. The molecule has 0 radical (unpaired) electrons. The van der Waals surface area contributed by atoms with Gasteiger partial charge >= 0.3 is 0 Å². The largest absolute Gasteiger partial charge is 0.0625 e.